The molecule has 1 aromatic heterocycles. The zero-order chi connectivity index (χ0) is 14.5. The van der Waals surface area contributed by atoms with E-state index in [0.717, 1.165) is 30.2 Å². The fraction of sp³-hybridized carbons (Fsp3) is 0.786. The largest absolute Gasteiger partial charge is 0.481 e. The van der Waals surface area contributed by atoms with Gasteiger partial charge in [-0.1, -0.05) is 13.8 Å². The van der Waals surface area contributed by atoms with E-state index >= 15 is 0 Å². The highest BCUT2D eigenvalue weighted by Gasteiger charge is 2.24. The molecule has 19 heavy (non-hydrogen) atoms. The predicted molar refractivity (Wildman–Crippen MR) is 83.0 cm³/mol. The van der Waals surface area contributed by atoms with E-state index in [0.29, 0.717) is 4.75 Å². The molecule has 0 spiro atoms. The molecule has 1 heterocycles. The number of aryl methyl sites for hydroxylation is 2. The Kier molecular flexibility index (Phi) is 6.20. The first-order valence-corrected chi connectivity index (χ1v) is 8.08. The number of ether oxygens (including phenoxy) is 1. The van der Waals surface area contributed by atoms with Crippen molar-refractivity contribution >= 4 is 11.8 Å². The van der Waals surface area contributed by atoms with Crippen molar-refractivity contribution in [2.24, 2.45) is 7.05 Å². The molecule has 0 amide bonds. The molecule has 4 nitrogen and oxygen atoms in total. The average molecular weight is 285 g/mol. The molecule has 0 saturated carbocycles. The molecule has 1 N–H and O–H groups in total. The molecular formula is C14H27N3OS. The molecular weight excluding hydrogens is 258 g/mol. The van der Waals surface area contributed by atoms with Crippen LogP contribution in [-0.2, 0) is 13.6 Å². The van der Waals surface area contributed by atoms with Gasteiger partial charge >= 0.3 is 0 Å². The maximum Gasteiger partial charge on any atom is 0.216 e. The van der Waals surface area contributed by atoms with Crippen LogP contribution in [0.5, 0.6) is 5.88 Å². The highest BCUT2D eigenvalue weighted by atomic mass is 32.2. The van der Waals surface area contributed by atoms with Gasteiger partial charge in [0.1, 0.15) is 0 Å². The molecule has 5 heteroatoms. The number of methoxy groups -OCH3 is 1. The number of thioether (sulfide) groups is 1. The molecule has 0 saturated heterocycles. The van der Waals surface area contributed by atoms with Crippen molar-refractivity contribution in [2.75, 3.05) is 19.9 Å². The van der Waals surface area contributed by atoms with Gasteiger partial charge in [0.15, 0.2) is 0 Å². The fourth-order valence-corrected chi connectivity index (χ4v) is 3.24. The summed E-state index contributed by atoms with van der Waals surface area (Å²) in [6.45, 7) is 8.37. The summed E-state index contributed by atoms with van der Waals surface area (Å²) in [5.74, 6) is 0.854. The Labute approximate surface area is 121 Å². The number of aromatic nitrogens is 2. The van der Waals surface area contributed by atoms with Crippen molar-refractivity contribution in [3.05, 3.63) is 11.3 Å². The van der Waals surface area contributed by atoms with Gasteiger partial charge in [0.05, 0.1) is 18.4 Å². The second-order valence-electron chi connectivity index (χ2n) is 4.89. The Balaban J connectivity index is 2.67. The highest BCUT2D eigenvalue weighted by molar-refractivity contribution is 8.00. The smallest absolute Gasteiger partial charge is 0.216 e. The van der Waals surface area contributed by atoms with Crippen LogP contribution in [-0.4, -0.2) is 34.4 Å². The first-order chi connectivity index (χ1) is 9.03. The van der Waals surface area contributed by atoms with Crippen molar-refractivity contribution in [1.82, 2.24) is 15.1 Å². The summed E-state index contributed by atoms with van der Waals surface area (Å²) >= 11 is 1.96. The zero-order valence-electron chi connectivity index (χ0n) is 13.0. The molecule has 0 unspecified atom stereocenters. The number of nitrogens with one attached hydrogen (secondary N) is 1. The van der Waals surface area contributed by atoms with Gasteiger partial charge in [0.2, 0.25) is 5.88 Å². The van der Waals surface area contributed by atoms with E-state index in [2.05, 4.69) is 30.5 Å². The van der Waals surface area contributed by atoms with Crippen LogP contribution in [0.15, 0.2) is 0 Å². The number of nitrogens with zero attached hydrogens (tertiary/aromatic N) is 2. The van der Waals surface area contributed by atoms with E-state index in [9.17, 15) is 0 Å². The fourth-order valence-electron chi connectivity index (χ4n) is 2.42. The van der Waals surface area contributed by atoms with Crippen molar-refractivity contribution in [1.29, 1.82) is 0 Å². The lowest BCUT2D eigenvalue weighted by molar-refractivity contribution is 0.367. The Morgan fingerprint density at radius 3 is 2.47 bits per heavy atom. The van der Waals surface area contributed by atoms with Crippen molar-refractivity contribution in [3.8, 4) is 5.88 Å². The second-order valence-corrected chi connectivity index (χ2v) is 6.17. The second kappa shape index (κ2) is 7.20. The Hall–Kier alpha value is -0.680. The Morgan fingerprint density at radius 2 is 2.00 bits per heavy atom. The number of hydrogen-bond donors (Lipinski definition) is 1. The third-order valence-electron chi connectivity index (χ3n) is 3.95. The lowest BCUT2D eigenvalue weighted by Crippen LogP contribution is -2.36. The quantitative estimate of drug-likeness (QED) is 0.797. The normalized spacial score (nSPS) is 11.9. The molecule has 0 aromatic carbocycles. The van der Waals surface area contributed by atoms with E-state index in [4.69, 9.17) is 4.74 Å². The summed E-state index contributed by atoms with van der Waals surface area (Å²) in [4.78, 5) is 0. The van der Waals surface area contributed by atoms with Crippen molar-refractivity contribution in [2.45, 2.75) is 44.9 Å². The minimum atomic E-state index is 0.337. The van der Waals surface area contributed by atoms with Crippen LogP contribution >= 0.6 is 11.8 Å². The molecule has 0 fully saturated rings. The van der Waals surface area contributed by atoms with Crippen molar-refractivity contribution in [3.63, 3.8) is 0 Å². The highest BCUT2D eigenvalue weighted by Crippen LogP contribution is 2.30. The molecule has 1 rings (SSSR count). The summed E-state index contributed by atoms with van der Waals surface area (Å²) in [5, 5.41) is 7.97. The third-order valence-corrected chi connectivity index (χ3v) is 5.54. The van der Waals surface area contributed by atoms with Gasteiger partial charge < -0.3 is 10.1 Å². The van der Waals surface area contributed by atoms with Gasteiger partial charge in [-0.2, -0.15) is 16.9 Å². The summed E-state index contributed by atoms with van der Waals surface area (Å²) in [5.41, 5.74) is 2.20. The van der Waals surface area contributed by atoms with Crippen LogP contribution in [0.3, 0.4) is 0 Å². The minimum Gasteiger partial charge on any atom is -0.481 e. The molecule has 0 aliphatic carbocycles. The maximum absolute atomic E-state index is 5.41. The third kappa shape index (κ3) is 3.66. The molecule has 0 bridgehead atoms. The van der Waals surface area contributed by atoms with Gasteiger partial charge in [-0.15, -0.1) is 0 Å². The Bertz CT molecular complexity index is 391. The van der Waals surface area contributed by atoms with Crippen LogP contribution in [0, 0.1) is 6.92 Å². The lowest BCUT2D eigenvalue weighted by atomic mass is 10.0. The average Bonchev–Trinajstić information content (AvgIpc) is 2.69. The van der Waals surface area contributed by atoms with Crippen LogP contribution in [0.25, 0.3) is 0 Å². The van der Waals surface area contributed by atoms with E-state index in [1.54, 1.807) is 11.8 Å². The van der Waals surface area contributed by atoms with Gasteiger partial charge in [0.25, 0.3) is 0 Å². The standard InChI is InChI=1S/C14H27N3OS/c1-7-14(8-2,19-6)10-15-9-12-11(3)16-17(4)13(12)18-5/h15H,7-10H2,1-6H3. The molecule has 0 atom stereocenters. The van der Waals surface area contributed by atoms with Crippen LogP contribution in [0.2, 0.25) is 0 Å². The minimum absolute atomic E-state index is 0.337. The van der Waals surface area contributed by atoms with E-state index in [1.807, 2.05) is 25.7 Å². The molecule has 0 aliphatic heterocycles. The van der Waals surface area contributed by atoms with Crippen LogP contribution < -0.4 is 10.1 Å². The maximum atomic E-state index is 5.41. The first kappa shape index (κ1) is 16.4. The van der Waals surface area contributed by atoms with E-state index in [1.165, 1.54) is 12.8 Å². The summed E-state index contributed by atoms with van der Waals surface area (Å²) in [6, 6.07) is 0. The Morgan fingerprint density at radius 1 is 1.37 bits per heavy atom. The zero-order valence-corrected chi connectivity index (χ0v) is 13.9. The molecule has 0 radical (unpaired) electrons. The van der Waals surface area contributed by atoms with Gasteiger partial charge in [-0.3, -0.25) is 0 Å². The number of rotatable bonds is 8. The first-order valence-electron chi connectivity index (χ1n) is 6.85. The number of hydrogen-bond acceptors (Lipinski definition) is 4. The van der Waals surface area contributed by atoms with E-state index < -0.39 is 0 Å². The summed E-state index contributed by atoms with van der Waals surface area (Å²) < 4.78 is 7.55. The summed E-state index contributed by atoms with van der Waals surface area (Å²) in [6.07, 6.45) is 4.56. The monoisotopic (exact) mass is 285 g/mol. The molecule has 110 valence electrons. The van der Waals surface area contributed by atoms with Gasteiger partial charge in [0, 0.05) is 24.9 Å². The molecule has 1 aromatic rings. The van der Waals surface area contributed by atoms with Gasteiger partial charge in [-0.05, 0) is 26.0 Å². The van der Waals surface area contributed by atoms with Crippen LogP contribution in [0.4, 0.5) is 0 Å². The van der Waals surface area contributed by atoms with Crippen LogP contribution in [0.1, 0.15) is 37.9 Å². The SMILES string of the molecule is CCC(CC)(CNCc1c(C)nn(C)c1OC)SC. The lowest BCUT2D eigenvalue weighted by Gasteiger charge is -2.30. The summed E-state index contributed by atoms with van der Waals surface area (Å²) in [7, 11) is 3.61. The van der Waals surface area contributed by atoms with E-state index in [-0.39, 0.29) is 0 Å². The van der Waals surface area contributed by atoms with Crippen molar-refractivity contribution < 1.29 is 4.74 Å². The topological polar surface area (TPSA) is 39.1 Å². The van der Waals surface area contributed by atoms with Gasteiger partial charge in [-0.25, -0.2) is 4.68 Å². The predicted octanol–water partition coefficient (Wildman–Crippen LogP) is 2.75. The molecule has 0 aliphatic rings.